The molecule has 0 unspecified atom stereocenters. The van der Waals surface area contributed by atoms with Gasteiger partial charge in [-0.15, -0.1) is 0 Å². The molecule has 27 heavy (non-hydrogen) atoms. The number of rotatable bonds is 2. The van der Waals surface area contributed by atoms with Gasteiger partial charge in [0.2, 0.25) is 5.91 Å². The van der Waals surface area contributed by atoms with Crippen LogP contribution in [0.2, 0.25) is 0 Å². The topological polar surface area (TPSA) is 77.2 Å². The molecule has 0 aliphatic carbocycles. The lowest BCUT2D eigenvalue weighted by Crippen LogP contribution is -2.38. The Morgan fingerprint density at radius 1 is 1.26 bits per heavy atom. The molecule has 0 bridgehead atoms. The number of alkyl halides is 3. The third kappa shape index (κ3) is 3.02. The number of fused-ring (bicyclic) bond motifs is 1. The lowest BCUT2D eigenvalue weighted by molar-refractivity contribution is -0.136. The standard InChI is InChI=1S/C17H19F3N4O3/c1-4-12(25)24-7-5-6-11(24)10-8-9(17(18,19)20)13-14(21-10)22(2)16(27)23(3)15(13)26/h8,11H,4-7H2,1-3H3/t11-/m0/s1. The zero-order valence-corrected chi connectivity index (χ0v) is 15.1. The van der Waals surface area contributed by atoms with E-state index in [1.54, 1.807) is 6.92 Å². The Morgan fingerprint density at radius 3 is 2.52 bits per heavy atom. The number of nitrogens with zero attached hydrogens (tertiary/aromatic N) is 4. The van der Waals surface area contributed by atoms with Crippen molar-refractivity contribution in [3.8, 4) is 0 Å². The van der Waals surface area contributed by atoms with Gasteiger partial charge in [0.15, 0.2) is 0 Å². The van der Waals surface area contributed by atoms with Gasteiger partial charge in [-0.25, -0.2) is 9.78 Å². The third-order valence-corrected chi connectivity index (χ3v) is 4.95. The zero-order valence-electron chi connectivity index (χ0n) is 15.1. The Balaban J connectivity index is 2.36. The minimum atomic E-state index is -4.81. The first-order valence-electron chi connectivity index (χ1n) is 8.55. The second-order valence-electron chi connectivity index (χ2n) is 6.60. The van der Waals surface area contributed by atoms with Crippen molar-refractivity contribution in [2.24, 2.45) is 14.1 Å². The first-order valence-corrected chi connectivity index (χ1v) is 8.55. The highest BCUT2D eigenvalue weighted by Gasteiger charge is 2.38. The van der Waals surface area contributed by atoms with E-state index in [0.29, 0.717) is 24.0 Å². The van der Waals surface area contributed by atoms with Crippen LogP contribution in [0.3, 0.4) is 0 Å². The van der Waals surface area contributed by atoms with Crippen LogP contribution in [-0.4, -0.2) is 31.5 Å². The number of carbonyl (C=O) groups excluding carboxylic acids is 1. The fourth-order valence-corrected chi connectivity index (χ4v) is 3.54. The Bertz CT molecular complexity index is 1040. The van der Waals surface area contributed by atoms with E-state index in [1.807, 2.05) is 0 Å². The van der Waals surface area contributed by atoms with Crippen LogP contribution in [0.25, 0.3) is 11.0 Å². The minimum absolute atomic E-state index is 0.0392. The highest BCUT2D eigenvalue weighted by Crippen LogP contribution is 2.37. The summed E-state index contributed by atoms with van der Waals surface area (Å²) in [6.07, 6.45) is -3.46. The number of hydrogen-bond acceptors (Lipinski definition) is 4. The van der Waals surface area contributed by atoms with Gasteiger partial charge in [0.05, 0.1) is 22.7 Å². The molecule has 1 fully saturated rings. The summed E-state index contributed by atoms with van der Waals surface area (Å²) >= 11 is 0. The Kier molecular flexibility index (Phi) is 4.61. The maximum absolute atomic E-state index is 13.7. The summed E-state index contributed by atoms with van der Waals surface area (Å²) in [6, 6.07) is 0.224. The van der Waals surface area contributed by atoms with Gasteiger partial charge >= 0.3 is 11.9 Å². The average Bonchev–Trinajstić information content (AvgIpc) is 3.12. The van der Waals surface area contributed by atoms with Crippen molar-refractivity contribution >= 4 is 16.9 Å². The number of halogens is 3. The molecule has 0 spiro atoms. The summed E-state index contributed by atoms with van der Waals surface area (Å²) in [5.74, 6) is -0.175. The quantitative estimate of drug-likeness (QED) is 0.790. The maximum atomic E-state index is 13.7. The van der Waals surface area contributed by atoms with Gasteiger partial charge in [-0.3, -0.25) is 18.7 Å². The van der Waals surface area contributed by atoms with Crippen molar-refractivity contribution in [1.29, 1.82) is 0 Å². The maximum Gasteiger partial charge on any atom is 0.417 e. The molecule has 1 amide bonds. The molecule has 0 saturated carbocycles. The highest BCUT2D eigenvalue weighted by atomic mass is 19.4. The van der Waals surface area contributed by atoms with Crippen LogP contribution in [0, 0.1) is 0 Å². The Labute approximate surface area is 152 Å². The van der Waals surface area contributed by atoms with Crippen LogP contribution in [0.5, 0.6) is 0 Å². The van der Waals surface area contributed by atoms with E-state index >= 15 is 0 Å². The number of likely N-dealkylation sites (tertiary alicyclic amines) is 1. The lowest BCUT2D eigenvalue weighted by atomic mass is 10.0. The van der Waals surface area contributed by atoms with E-state index in [0.717, 1.165) is 17.7 Å². The molecule has 0 radical (unpaired) electrons. The zero-order chi connectivity index (χ0) is 20.1. The number of amides is 1. The molecule has 0 aromatic carbocycles. The molecule has 10 heteroatoms. The molecule has 3 rings (SSSR count). The van der Waals surface area contributed by atoms with Crippen molar-refractivity contribution in [3.63, 3.8) is 0 Å². The summed E-state index contributed by atoms with van der Waals surface area (Å²) in [5, 5.41) is -0.651. The molecule has 1 saturated heterocycles. The van der Waals surface area contributed by atoms with Gasteiger partial charge in [0.25, 0.3) is 5.56 Å². The predicted molar refractivity (Wildman–Crippen MR) is 91.2 cm³/mol. The van der Waals surface area contributed by atoms with Gasteiger partial charge in [-0.05, 0) is 18.9 Å². The number of aryl methyl sites for hydroxylation is 1. The van der Waals surface area contributed by atoms with Crippen LogP contribution in [0.1, 0.15) is 43.5 Å². The first kappa shape index (κ1) is 19.1. The molecular formula is C17H19F3N4O3. The molecule has 1 aliphatic heterocycles. The molecule has 1 atom stereocenters. The van der Waals surface area contributed by atoms with Gasteiger partial charge in [0, 0.05) is 27.1 Å². The molecule has 2 aromatic heterocycles. The van der Waals surface area contributed by atoms with E-state index in [-0.39, 0.29) is 23.7 Å². The van der Waals surface area contributed by atoms with Crippen LogP contribution < -0.4 is 11.2 Å². The average molecular weight is 384 g/mol. The van der Waals surface area contributed by atoms with Crippen LogP contribution >= 0.6 is 0 Å². The van der Waals surface area contributed by atoms with Gasteiger partial charge in [0.1, 0.15) is 5.65 Å². The fraction of sp³-hybridized carbons (Fsp3) is 0.529. The normalized spacial score (nSPS) is 17.7. The largest absolute Gasteiger partial charge is 0.417 e. The summed E-state index contributed by atoms with van der Waals surface area (Å²) < 4.78 is 42.7. The van der Waals surface area contributed by atoms with E-state index in [4.69, 9.17) is 0 Å². The molecule has 146 valence electrons. The van der Waals surface area contributed by atoms with Crippen molar-refractivity contribution in [2.75, 3.05) is 6.54 Å². The van der Waals surface area contributed by atoms with E-state index in [2.05, 4.69) is 4.98 Å². The van der Waals surface area contributed by atoms with Crippen LogP contribution in [0.15, 0.2) is 15.7 Å². The summed E-state index contributed by atoms with van der Waals surface area (Å²) in [4.78, 5) is 42.4. The molecular weight excluding hydrogens is 365 g/mol. The smallest absolute Gasteiger partial charge is 0.334 e. The van der Waals surface area contributed by atoms with Crippen LogP contribution in [0.4, 0.5) is 13.2 Å². The van der Waals surface area contributed by atoms with Crippen molar-refractivity contribution in [2.45, 2.75) is 38.4 Å². The number of pyridine rings is 1. The molecule has 2 aromatic rings. The van der Waals surface area contributed by atoms with Crippen molar-refractivity contribution in [3.05, 3.63) is 38.2 Å². The van der Waals surface area contributed by atoms with Gasteiger partial charge in [-0.1, -0.05) is 6.92 Å². The monoisotopic (exact) mass is 384 g/mol. The summed E-state index contributed by atoms with van der Waals surface area (Å²) in [5.41, 5.74) is -3.25. The van der Waals surface area contributed by atoms with Crippen LogP contribution in [-0.2, 0) is 25.1 Å². The second-order valence-corrected chi connectivity index (χ2v) is 6.60. The van der Waals surface area contributed by atoms with Gasteiger partial charge in [-0.2, -0.15) is 13.2 Å². The highest BCUT2D eigenvalue weighted by molar-refractivity contribution is 5.80. The number of carbonyl (C=O) groups is 1. The van der Waals surface area contributed by atoms with Gasteiger partial charge < -0.3 is 4.90 Å². The summed E-state index contributed by atoms with van der Waals surface area (Å²) in [7, 11) is 2.39. The molecule has 1 aliphatic rings. The molecule has 0 N–H and O–H groups in total. The number of aromatic nitrogens is 3. The molecule has 3 heterocycles. The lowest BCUT2D eigenvalue weighted by Gasteiger charge is -2.25. The Morgan fingerprint density at radius 2 is 1.93 bits per heavy atom. The summed E-state index contributed by atoms with van der Waals surface area (Å²) in [6.45, 7) is 2.12. The Hall–Kier alpha value is -2.65. The van der Waals surface area contributed by atoms with E-state index < -0.39 is 34.4 Å². The van der Waals surface area contributed by atoms with E-state index in [1.165, 1.54) is 11.9 Å². The number of hydrogen-bond donors (Lipinski definition) is 0. The van der Waals surface area contributed by atoms with E-state index in [9.17, 15) is 27.6 Å². The second kappa shape index (κ2) is 6.50. The van der Waals surface area contributed by atoms with Crippen molar-refractivity contribution < 1.29 is 18.0 Å². The molecule has 7 nitrogen and oxygen atoms in total. The predicted octanol–water partition coefficient (Wildman–Crippen LogP) is 1.72. The first-order chi connectivity index (χ1) is 12.6. The minimum Gasteiger partial charge on any atom is -0.334 e. The van der Waals surface area contributed by atoms with Crippen molar-refractivity contribution in [1.82, 2.24) is 19.0 Å². The SMILES string of the molecule is CCC(=O)N1CCC[C@H]1c1cc(C(F)(F)F)c2c(=O)n(C)c(=O)n(C)c2n1. The third-order valence-electron chi connectivity index (χ3n) is 4.95. The fourth-order valence-electron chi connectivity index (χ4n) is 3.54.